The molecule has 0 heterocycles. The van der Waals surface area contributed by atoms with Gasteiger partial charge in [0.2, 0.25) is 0 Å². The Kier molecular flexibility index (Phi) is 1.78. The van der Waals surface area contributed by atoms with E-state index in [1.807, 2.05) is 0 Å². The van der Waals surface area contributed by atoms with E-state index >= 15 is 0 Å². The van der Waals surface area contributed by atoms with Gasteiger partial charge in [-0.2, -0.15) is 0 Å². The van der Waals surface area contributed by atoms with E-state index in [2.05, 4.69) is 6.92 Å². The second kappa shape index (κ2) is 4.00. The van der Waals surface area contributed by atoms with Crippen LogP contribution in [-0.2, 0) is 0 Å². The minimum absolute atomic E-state index is 0.597. The molecule has 0 unspecified atom stereocenters. The van der Waals surface area contributed by atoms with Gasteiger partial charge in [-0.1, -0.05) is 33.1 Å². The Balaban J connectivity index is 2.68. The number of rotatable bonds is 2. The zero-order valence-corrected chi connectivity index (χ0v) is 3.70. The molecule has 0 aliphatic heterocycles. The monoisotopic (exact) mass is 74.1 g/mol. The van der Waals surface area contributed by atoms with Crippen molar-refractivity contribution >= 4 is 0 Å². The SMILES string of the molecule is [2H]C([2H])CCCC. The zero-order valence-electron chi connectivity index (χ0n) is 5.70. The normalized spacial score (nSPS) is 14.8. The highest BCUT2D eigenvalue weighted by Crippen LogP contribution is 1.88. The van der Waals surface area contributed by atoms with Gasteiger partial charge >= 0.3 is 0 Å². The lowest BCUT2D eigenvalue weighted by molar-refractivity contribution is 0.772. The molecule has 32 valence electrons. The molecule has 0 bridgehead atoms. The average Bonchev–Trinajstić information content (AvgIpc) is 1.61. The molecular formula is C5H12. The van der Waals surface area contributed by atoms with Crippen LogP contribution >= 0.6 is 0 Å². The molecule has 0 rings (SSSR count). The Morgan fingerprint density at radius 1 is 1.60 bits per heavy atom. The van der Waals surface area contributed by atoms with Crippen LogP contribution in [0.1, 0.15) is 35.8 Å². The first-order chi connectivity index (χ1) is 3.27. The predicted octanol–water partition coefficient (Wildman–Crippen LogP) is 2.20. The molecule has 0 heteroatoms. The van der Waals surface area contributed by atoms with Crippen LogP contribution in [0.3, 0.4) is 0 Å². The summed E-state index contributed by atoms with van der Waals surface area (Å²) in [6.07, 6.45) is 2.86. The van der Waals surface area contributed by atoms with E-state index in [0.717, 1.165) is 19.3 Å². The number of unbranched alkanes of at least 4 members (excludes halogenated alkanes) is 1. The fourth-order valence-electron chi connectivity index (χ4n) is 0.204. The van der Waals surface area contributed by atoms with Gasteiger partial charge in [0.25, 0.3) is 0 Å². The summed E-state index contributed by atoms with van der Waals surface area (Å²) in [4.78, 5) is 0. The third-order valence-corrected chi connectivity index (χ3v) is 0.558. The van der Waals surface area contributed by atoms with E-state index in [4.69, 9.17) is 2.74 Å². The van der Waals surface area contributed by atoms with Gasteiger partial charge in [-0.05, 0) is 0 Å². The predicted molar refractivity (Wildman–Crippen MR) is 25.2 cm³/mol. The number of hydrogen-bond donors (Lipinski definition) is 0. The first-order valence-corrected chi connectivity index (χ1v) is 2.12. The molecule has 0 atom stereocenters. The first kappa shape index (κ1) is 2.22. The summed E-state index contributed by atoms with van der Waals surface area (Å²) in [5.74, 6) is 0. The highest BCUT2D eigenvalue weighted by Gasteiger charge is 1.68. The summed E-state index contributed by atoms with van der Waals surface area (Å²) in [6.45, 7) is 1.47. The molecule has 0 aromatic heterocycles. The van der Waals surface area contributed by atoms with Crippen molar-refractivity contribution in [2.75, 3.05) is 0 Å². The van der Waals surface area contributed by atoms with Crippen LogP contribution in [0, 0.1) is 0 Å². The highest BCUT2D eigenvalue weighted by atomic mass is 13.7. The lowest BCUT2D eigenvalue weighted by Crippen LogP contribution is -1.59. The maximum atomic E-state index is 6.75. The molecule has 0 saturated heterocycles. The van der Waals surface area contributed by atoms with Crippen LogP contribution in [0.2, 0.25) is 0 Å². The third kappa shape index (κ3) is 4.00. The van der Waals surface area contributed by atoms with Crippen molar-refractivity contribution in [3.05, 3.63) is 0 Å². The summed E-state index contributed by atoms with van der Waals surface area (Å²) in [5.41, 5.74) is 0. The molecule has 0 N–H and O–H groups in total. The van der Waals surface area contributed by atoms with Crippen molar-refractivity contribution < 1.29 is 2.74 Å². The molecular weight excluding hydrogens is 60.1 g/mol. The van der Waals surface area contributed by atoms with Crippen LogP contribution in [-0.4, -0.2) is 0 Å². The van der Waals surface area contributed by atoms with Gasteiger partial charge in [-0.25, -0.2) is 0 Å². The lowest BCUT2D eigenvalue weighted by atomic mass is 10.3. The second-order valence-electron chi connectivity index (χ2n) is 1.14. The molecule has 0 spiro atoms. The second-order valence-corrected chi connectivity index (χ2v) is 1.14. The minimum Gasteiger partial charge on any atom is -0.0654 e. The van der Waals surface area contributed by atoms with Gasteiger partial charge in [0.05, 0.1) is 0 Å². The Morgan fingerprint density at radius 3 is 2.60 bits per heavy atom. The van der Waals surface area contributed by atoms with Gasteiger partial charge in [0, 0.05) is 2.74 Å². The minimum atomic E-state index is -0.597. The fourth-order valence-corrected chi connectivity index (χ4v) is 0.204. The van der Waals surface area contributed by atoms with Gasteiger partial charge in [0.1, 0.15) is 0 Å². The molecule has 0 aliphatic rings. The summed E-state index contributed by atoms with van der Waals surface area (Å²) >= 11 is 0. The lowest BCUT2D eigenvalue weighted by Gasteiger charge is -1.79. The van der Waals surface area contributed by atoms with E-state index in [1.165, 1.54) is 0 Å². The molecule has 0 aliphatic carbocycles. The topological polar surface area (TPSA) is 0 Å². The van der Waals surface area contributed by atoms with Crippen molar-refractivity contribution in [3.8, 4) is 0 Å². The van der Waals surface area contributed by atoms with E-state index in [0.29, 0.717) is 0 Å². The molecule has 5 heavy (non-hydrogen) atoms. The van der Waals surface area contributed by atoms with E-state index in [1.54, 1.807) is 0 Å². The summed E-state index contributed by atoms with van der Waals surface area (Å²) in [7, 11) is 0. The smallest absolute Gasteiger partial charge is 0.0230 e. The van der Waals surface area contributed by atoms with Crippen LogP contribution in [0.5, 0.6) is 0 Å². The van der Waals surface area contributed by atoms with E-state index < -0.39 is 6.88 Å². The molecule has 0 aromatic rings. The Labute approximate surface area is 37.0 Å². The Morgan fingerprint density at radius 2 is 2.40 bits per heavy atom. The quantitative estimate of drug-likeness (QED) is 0.471. The van der Waals surface area contributed by atoms with Gasteiger partial charge in [-0.3, -0.25) is 0 Å². The summed E-state index contributed by atoms with van der Waals surface area (Å²) < 4.78 is 13.5. The largest absolute Gasteiger partial charge is 0.0654 e. The molecule has 0 nitrogen and oxygen atoms in total. The molecule has 0 radical (unpaired) electrons. The summed E-state index contributed by atoms with van der Waals surface area (Å²) in [6, 6.07) is 0. The van der Waals surface area contributed by atoms with Gasteiger partial charge in [0.15, 0.2) is 0 Å². The van der Waals surface area contributed by atoms with Crippen molar-refractivity contribution in [3.63, 3.8) is 0 Å². The Hall–Kier alpha value is 0. The first-order valence-electron chi connectivity index (χ1n) is 3.27. The van der Waals surface area contributed by atoms with Crippen molar-refractivity contribution in [2.45, 2.75) is 33.1 Å². The summed E-state index contributed by atoms with van der Waals surface area (Å²) in [5, 5.41) is 0. The molecule has 0 fully saturated rings. The van der Waals surface area contributed by atoms with Crippen molar-refractivity contribution in [1.29, 1.82) is 0 Å². The van der Waals surface area contributed by atoms with Crippen LogP contribution in [0.4, 0.5) is 0 Å². The van der Waals surface area contributed by atoms with Crippen LogP contribution in [0.15, 0.2) is 0 Å². The van der Waals surface area contributed by atoms with Crippen LogP contribution in [0.25, 0.3) is 0 Å². The molecule has 0 amide bonds. The highest BCUT2D eigenvalue weighted by molar-refractivity contribution is 4.24. The van der Waals surface area contributed by atoms with Gasteiger partial charge in [-0.15, -0.1) is 0 Å². The molecule has 0 saturated carbocycles. The van der Waals surface area contributed by atoms with E-state index in [9.17, 15) is 0 Å². The molecule has 0 aromatic carbocycles. The zero-order chi connectivity index (χ0) is 5.70. The Bertz CT molecular complexity index is 35.1. The maximum absolute atomic E-state index is 6.75. The van der Waals surface area contributed by atoms with E-state index in [-0.39, 0.29) is 0 Å². The van der Waals surface area contributed by atoms with Crippen molar-refractivity contribution in [1.82, 2.24) is 0 Å². The van der Waals surface area contributed by atoms with Crippen LogP contribution < -0.4 is 0 Å². The maximum Gasteiger partial charge on any atom is 0.0230 e. The fraction of sp³-hybridized carbons (Fsp3) is 1.00. The standard InChI is InChI=1S/C5H12/c1-3-5-4-2/h3-5H2,1-2H3/i1D2. The number of hydrogen-bond acceptors (Lipinski definition) is 0. The van der Waals surface area contributed by atoms with Gasteiger partial charge < -0.3 is 0 Å². The average molecular weight is 74.2 g/mol. The van der Waals surface area contributed by atoms with Crippen molar-refractivity contribution in [2.24, 2.45) is 0 Å². The third-order valence-electron chi connectivity index (χ3n) is 0.558.